The molecule has 1 aromatic carbocycles. The fourth-order valence-electron chi connectivity index (χ4n) is 4.69. The minimum Gasteiger partial charge on any atom is -0.352 e. The fraction of sp³-hybridized carbons (Fsp3) is 0.652. The van der Waals surface area contributed by atoms with Gasteiger partial charge in [-0.2, -0.15) is 0 Å². The highest BCUT2D eigenvalue weighted by Crippen LogP contribution is 2.28. The van der Waals surface area contributed by atoms with Crippen molar-refractivity contribution in [3.8, 4) is 0 Å². The molecule has 2 fully saturated rings. The van der Waals surface area contributed by atoms with Crippen molar-refractivity contribution in [3.05, 3.63) is 35.4 Å². The summed E-state index contributed by atoms with van der Waals surface area (Å²) in [5.41, 5.74) is 2.45. The van der Waals surface area contributed by atoms with Crippen molar-refractivity contribution in [2.45, 2.75) is 59.0 Å². The molecule has 0 aromatic heterocycles. The number of nitrogens with zero attached hydrogens (tertiary/aromatic N) is 3. The summed E-state index contributed by atoms with van der Waals surface area (Å²) in [6.45, 7) is 9.26. The van der Waals surface area contributed by atoms with Crippen LogP contribution < -0.4 is 5.32 Å². The minimum absolute atomic E-state index is 0. The molecule has 29 heavy (non-hydrogen) atoms. The molecule has 6 heteroatoms. The molecule has 0 radical (unpaired) electrons. The molecule has 1 N–H and O–H groups in total. The van der Waals surface area contributed by atoms with E-state index in [9.17, 15) is 4.79 Å². The Balaban J connectivity index is 0.00000300. The number of carbonyl (C=O) groups is 1. The lowest BCUT2D eigenvalue weighted by Crippen LogP contribution is -2.40. The predicted molar refractivity (Wildman–Crippen MR) is 130 cm³/mol. The van der Waals surface area contributed by atoms with Gasteiger partial charge in [-0.1, -0.05) is 51.0 Å². The number of nitrogens with one attached hydrogen (secondary N) is 1. The average Bonchev–Trinajstić information content (AvgIpc) is 3.35. The third kappa shape index (κ3) is 6.33. The van der Waals surface area contributed by atoms with Gasteiger partial charge < -0.3 is 15.1 Å². The maximum Gasteiger partial charge on any atom is 0.222 e. The molecule has 2 heterocycles. The van der Waals surface area contributed by atoms with Crippen molar-refractivity contribution in [2.24, 2.45) is 16.8 Å². The van der Waals surface area contributed by atoms with Gasteiger partial charge in [0, 0.05) is 46.2 Å². The van der Waals surface area contributed by atoms with Crippen LogP contribution in [0.25, 0.3) is 0 Å². The molecule has 0 aliphatic carbocycles. The van der Waals surface area contributed by atoms with E-state index >= 15 is 0 Å². The highest BCUT2D eigenvalue weighted by Gasteiger charge is 2.29. The first-order chi connectivity index (χ1) is 13.6. The van der Waals surface area contributed by atoms with Crippen LogP contribution in [0.3, 0.4) is 0 Å². The lowest BCUT2D eigenvalue weighted by atomic mass is 9.87. The minimum atomic E-state index is 0. The fourth-order valence-corrected chi connectivity index (χ4v) is 4.69. The first-order valence-corrected chi connectivity index (χ1v) is 11.0. The molecule has 2 aliphatic rings. The molecule has 0 spiro atoms. The van der Waals surface area contributed by atoms with Crippen molar-refractivity contribution in [1.82, 2.24) is 15.1 Å². The molecule has 0 saturated carbocycles. The Hall–Kier alpha value is -1.31. The van der Waals surface area contributed by atoms with Crippen LogP contribution in [0.1, 0.15) is 57.1 Å². The maximum absolute atomic E-state index is 11.8. The van der Waals surface area contributed by atoms with E-state index in [1.807, 2.05) is 11.9 Å². The van der Waals surface area contributed by atoms with Crippen molar-refractivity contribution >= 4 is 35.8 Å². The Morgan fingerprint density at radius 2 is 1.86 bits per heavy atom. The number of guanidine groups is 1. The van der Waals surface area contributed by atoms with Crippen LogP contribution in [0.5, 0.6) is 0 Å². The van der Waals surface area contributed by atoms with Crippen molar-refractivity contribution in [3.63, 3.8) is 0 Å². The van der Waals surface area contributed by atoms with E-state index in [0.29, 0.717) is 6.42 Å². The molecule has 2 saturated heterocycles. The van der Waals surface area contributed by atoms with Gasteiger partial charge in [-0.25, -0.2) is 0 Å². The van der Waals surface area contributed by atoms with E-state index in [1.165, 1.54) is 30.4 Å². The number of hydrogen-bond acceptors (Lipinski definition) is 2. The summed E-state index contributed by atoms with van der Waals surface area (Å²) in [5.74, 6) is 2.92. The maximum atomic E-state index is 11.8. The van der Waals surface area contributed by atoms with Crippen molar-refractivity contribution in [2.75, 3.05) is 26.7 Å². The number of aliphatic imine (C=N–C) groups is 1. The van der Waals surface area contributed by atoms with Gasteiger partial charge in [-0.05, 0) is 35.8 Å². The summed E-state index contributed by atoms with van der Waals surface area (Å²) in [6, 6.07) is 8.61. The first kappa shape index (κ1) is 24.0. The molecule has 1 unspecified atom stereocenters. The van der Waals surface area contributed by atoms with E-state index in [2.05, 4.69) is 53.3 Å². The lowest BCUT2D eigenvalue weighted by molar-refractivity contribution is -0.128. The smallest absolute Gasteiger partial charge is 0.222 e. The van der Waals surface area contributed by atoms with Gasteiger partial charge in [-0.3, -0.25) is 9.79 Å². The Morgan fingerprint density at radius 3 is 2.45 bits per heavy atom. The van der Waals surface area contributed by atoms with Gasteiger partial charge in [0.05, 0.1) is 0 Å². The predicted octanol–water partition coefficient (Wildman–Crippen LogP) is 4.26. The van der Waals surface area contributed by atoms with Crippen LogP contribution >= 0.6 is 24.0 Å². The SMILES string of the molecule is CCC(CC)C1CCN(C(=NC)NCc2ccc(CN3CCCC3=O)cc2)C1.I. The van der Waals surface area contributed by atoms with Crippen LogP contribution in [0.2, 0.25) is 0 Å². The highest BCUT2D eigenvalue weighted by atomic mass is 127. The quantitative estimate of drug-likeness (QED) is 0.338. The summed E-state index contributed by atoms with van der Waals surface area (Å²) >= 11 is 0. The normalized spacial score (nSPS) is 19.8. The van der Waals surface area contributed by atoms with E-state index in [4.69, 9.17) is 0 Å². The van der Waals surface area contributed by atoms with Gasteiger partial charge in [0.25, 0.3) is 0 Å². The first-order valence-electron chi connectivity index (χ1n) is 11.0. The molecule has 2 aliphatic heterocycles. The molecular formula is C23H37IN4O. The molecule has 162 valence electrons. The van der Waals surface area contributed by atoms with Crippen molar-refractivity contribution in [1.29, 1.82) is 0 Å². The molecule has 1 atom stereocenters. The molecule has 0 bridgehead atoms. The molecule has 1 aromatic rings. The number of halogens is 1. The molecule has 5 nitrogen and oxygen atoms in total. The van der Waals surface area contributed by atoms with Gasteiger partial charge >= 0.3 is 0 Å². The second-order valence-electron chi connectivity index (χ2n) is 8.21. The van der Waals surface area contributed by atoms with Crippen LogP contribution in [-0.2, 0) is 17.9 Å². The zero-order chi connectivity index (χ0) is 19.9. The van der Waals surface area contributed by atoms with Crippen LogP contribution in [0.15, 0.2) is 29.3 Å². The topological polar surface area (TPSA) is 47.9 Å². The molecule has 1 amide bonds. The van der Waals surface area contributed by atoms with E-state index < -0.39 is 0 Å². The third-order valence-corrected chi connectivity index (χ3v) is 6.47. The number of amides is 1. The third-order valence-electron chi connectivity index (χ3n) is 6.47. The van der Waals surface area contributed by atoms with Crippen molar-refractivity contribution < 1.29 is 4.79 Å². The Labute approximate surface area is 193 Å². The van der Waals surface area contributed by atoms with E-state index in [1.54, 1.807) is 0 Å². The van der Waals surface area contributed by atoms with Crippen LogP contribution in [0, 0.1) is 11.8 Å². The van der Waals surface area contributed by atoms with Gasteiger partial charge in [0.15, 0.2) is 5.96 Å². The van der Waals surface area contributed by atoms with Gasteiger partial charge in [0.1, 0.15) is 0 Å². The second-order valence-corrected chi connectivity index (χ2v) is 8.21. The highest BCUT2D eigenvalue weighted by molar-refractivity contribution is 14.0. The second kappa shape index (κ2) is 11.8. The summed E-state index contributed by atoms with van der Waals surface area (Å²) < 4.78 is 0. The largest absolute Gasteiger partial charge is 0.352 e. The Bertz CT molecular complexity index is 672. The zero-order valence-electron chi connectivity index (χ0n) is 18.2. The molecular weight excluding hydrogens is 475 g/mol. The monoisotopic (exact) mass is 512 g/mol. The number of carbonyl (C=O) groups excluding carboxylic acids is 1. The van der Waals surface area contributed by atoms with Crippen LogP contribution in [-0.4, -0.2) is 48.3 Å². The number of rotatable bonds is 7. The average molecular weight is 512 g/mol. The summed E-state index contributed by atoms with van der Waals surface area (Å²) in [4.78, 5) is 20.7. The van der Waals surface area contributed by atoms with Crippen LogP contribution in [0.4, 0.5) is 0 Å². The number of hydrogen-bond donors (Lipinski definition) is 1. The number of benzene rings is 1. The van der Waals surface area contributed by atoms with Gasteiger partial charge in [-0.15, -0.1) is 24.0 Å². The van der Waals surface area contributed by atoms with E-state index in [0.717, 1.165) is 56.9 Å². The number of likely N-dealkylation sites (tertiary alicyclic amines) is 2. The Morgan fingerprint density at radius 1 is 1.17 bits per heavy atom. The lowest BCUT2D eigenvalue weighted by Gasteiger charge is -2.24. The zero-order valence-corrected chi connectivity index (χ0v) is 20.5. The summed E-state index contributed by atoms with van der Waals surface area (Å²) in [7, 11) is 1.88. The summed E-state index contributed by atoms with van der Waals surface area (Å²) in [5, 5.41) is 3.53. The Kier molecular flexibility index (Phi) is 9.72. The molecule has 3 rings (SSSR count). The van der Waals surface area contributed by atoms with Gasteiger partial charge in [0.2, 0.25) is 5.91 Å². The summed E-state index contributed by atoms with van der Waals surface area (Å²) in [6.07, 6.45) is 5.52. The standard InChI is InChI=1S/C23H36N4O.HI/c1-4-20(5-2)21-12-14-27(17-21)23(24-3)25-15-18-8-10-19(11-9-18)16-26-13-6-7-22(26)28;/h8-11,20-21H,4-7,12-17H2,1-3H3,(H,24,25);1H. The van der Waals surface area contributed by atoms with E-state index in [-0.39, 0.29) is 29.9 Å².